The maximum Gasteiger partial charge on any atom is 0.118 e. The predicted octanol–water partition coefficient (Wildman–Crippen LogP) is 2.49. The van der Waals surface area contributed by atoms with Gasteiger partial charge in [0.1, 0.15) is 5.75 Å². The minimum atomic E-state index is 0.789. The van der Waals surface area contributed by atoms with E-state index in [1.54, 1.807) is 7.11 Å². The van der Waals surface area contributed by atoms with E-state index in [0.29, 0.717) is 0 Å². The van der Waals surface area contributed by atoms with Gasteiger partial charge in [-0.2, -0.15) is 0 Å². The van der Waals surface area contributed by atoms with Gasteiger partial charge in [0.25, 0.3) is 0 Å². The number of hydrogen-bond acceptors (Lipinski definition) is 3. The van der Waals surface area contributed by atoms with Crippen LogP contribution in [0.1, 0.15) is 11.1 Å². The Bertz CT molecular complexity index is 454. The van der Waals surface area contributed by atoms with Crippen LogP contribution in [0.3, 0.4) is 0 Å². The number of nitrogens with one attached hydrogen (secondary N) is 2. The van der Waals surface area contributed by atoms with Crippen molar-refractivity contribution >= 4 is 0 Å². The molecule has 0 saturated heterocycles. The smallest absolute Gasteiger partial charge is 0.118 e. The molecule has 94 valence electrons. The summed E-state index contributed by atoms with van der Waals surface area (Å²) in [4.78, 5) is 0. The van der Waals surface area contributed by atoms with E-state index in [9.17, 15) is 0 Å². The van der Waals surface area contributed by atoms with Crippen LogP contribution in [0.4, 0.5) is 0 Å². The lowest BCUT2D eigenvalue weighted by Crippen LogP contribution is -2.30. The molecule has 0 fully saturated rings. The molecule has 0 unspecified atom stereocenters. The van der Waals surface area contributed by atoms with Crippen LogP contribution in [0.5, 0.6) is 5.75 Å². The first-order valence-electron chi connectivity index (χ1n) is 6.01. The molecule has 0 aliphatic rings. The first kappa shape index (κ1) is 12.6. The molecule has 0 bridgehead atoms. The van der Waals surface area contributed by atoms with Gasteiger partial charge in [0.15, 0.2) is 0 Å². The quantitative estimate of drug-likeness (QED) is 0.603. The molecule has 0 aliphatic heterocycles. The van der Waals surface area contributed by atoms with Gasteiger partial charge in [0, 0.05) is 13.1 Å². The van der Waals surface area contributed by atoms with Crippen LogP contribution in [0, 0.1) is 0 Å². The molecule has 2 rings (SSSR count). The molecule has 18 heavy (non-hydrogen) atoms. The lowest BCUT2D eigenvalue weighted by Gasteiger charge is -2.07. The summed E-state index contributed by atoms with van der Waals surface area (Å²) in [5, 5.41) is 0. The molecule has 2 aromatic rings. The van der Waals surface area contributed by atoms with Crippen LogP contribution < -0.4 is 15.6 Å². The lowest BCUT2D eigenvalue weighted by atomic mass is 10.2. The highest BCUT2D eigenvalue weighted by Gasteiger charge is 1.94. The average molecular weight is 242 g/mol. The molecular weight excluding hydrogens is 224 g/mol. The van der Waals surface area contributed by atoms with Crippen molar-refractivity contribution in [2.45, 2.75) is 13.1 Å². The van der Waals surface area contributed by atoms with Gasteiger partial charge in [0.05, 0.1) is 7.11 Å². The molecule has 2 aromatic carbocycles. The van der Waals surface area contributed by atoms with Gasteiger partial charge in [-0.15, -0.1) is 0 Å². The van der Waals surface area contributed by atoms with E-state index in [4.69, 9.17) is 4.74 Å². The molecule has 0 spiro atoms. The summed E-state index contributed by atoms with van der Waals surface area (Å²) in [6.45, 7) is 1.60. The molecule has 0 aromatic heterocycles. The minimum absolute atomic E-state index is 0.789. The number of hydrazine groups is 1. The van der Waals surface area contributed by atoms with Gasteiger partial charge in [-0.05, 0) is 23.3 Å². The highest BCUT2D eigenvalue weighted by molar-refractivity contribution is 5.26. The Kier molecular flexibility index (Phi) is 4.76. The second-order valence-corrected chi connectivity index (χ2v) is 4.04. The van der Waals surface area contributed by atoms with Gasteiger partial charge in [0.2, 0.25) is 0 Å². The topological polar surface area (TPSA) is 33.3 Å². The van der Waals surface area contributed by atoms with Gasteiger partial charge >= 0.3 is 0 Å². The van der Waals surface area contributed by atoms with Crippen LogP contribution in [0.25, 0.3) is 0 Å². The van der Waals surface area contributed by atoms with E-state index in [2.05, 4.69) is 35.1 Å². The van der Waals surface area contributed by atoms with Crippen LogP contribution in [-0.2, 0) is 13.1 Å². The van der Waals surface area contributed by atoms with E-state index in [1.165, 1.54) is 11.1 Å². The third kappa shape index (κ3) is 3.87. The van der Waals surface area contributed by atoms with E-state index >= 15 is 0 Å². The zero-order valence-corrected chi connectivity index (χ0v) is 10.5. The highest BCUT2D eigenvalue weighted by Crippen LogP contribution is 2.10. The predicted molar refractivity (Wildman–Crippen MR) is 73.1 cm³/mol. The van der Waals surface area contributed by atoms with Gasteiger partial charge in [-0.25, -0.2) is 0 Å². The van der Waals surface area contributed by atoms with E-state index < -0.39 is 0 Å². The van der Waals surface area contributed by atoms with Crippen molar-refractivity contribution in [2.24, 2.45) is 0 Å². The van der Waals surface area contributed by atoms with Crippen molar-refractivity contribution in [2.75, 3.05) is 7.11 Å². The standard InChI is InChI=1S/C15H18N2O/c1-18-15-9-7-14(8-10-15)12-17-16-11-13-5-3-2-4-6-13/h2-10,16-17H,11-12H2,1H3. The fraction of sp³-hybridized carbons (Fsp3) is 0.200. The maximum absolute atomic E-state index is 5.12. The van der Waals surface area contributed by atoms with Crippen molar-refractivity contribution in [1.29, 1.82) is 0 Å². The minimum Gasteiger partial charge on any atom is -0.497 e. The summed E-state index contributed by atoms with van der Waals surface area (Å²) in [5.41, 5.74) is 8.88. The van der Waals surface area contributed by atoms with Crippen molar-refractivity contribution in [3.8, 4) is 5.75 Å². The van der Waals surface area contributed by atoms with Crippen LogP contribution in [-0.4, -0.2) is 7.11 Å². The Hall–Kier alpha value is -1.84. The zero-order chi connectivity index (χ0) is 12.6. The van der Waals surface area contributed by atoms with E-state index in [0.717, 1.165) is 18.8 Å². The summed E-state index contributed by atoms with van der Waals surface area (Å²) in [6, 6.07) is 18.3. The third-order valence-corrected chi connectivity index (χ3v) is 2.71. The summed E-state index contributed by atoms with van der Waals surface area (Å²) >= 11 is 0. The molecule has 0 saturated carbocycles. The largest absolute Gasteiger partial charge is 0.497 e. The Morgan fingerprint density at radius 3 is 1.89 bits per heavy atom. The summed E-state index contributed by atoms with van der Waals surface area (Å²) < 4.78 is 5.12. The molecule has 0 aliphatic carbocycles. The molecule has 0 radical (unpaired) electrons. The first-order valence-corrected chi connectivity index (χ1v) is 6.01. The number of rotatable bonds is 6. The number of benzene rings is 2. The highest BCUT2D eigenvalue weighted by atomic mass is 16.5. The van der Waals surface area contributed by atoms with Gasteiger partial charge < -0.3 is 4.74 Å². The maximum atomic E-state index is 5.12. The molecule has 0 amide bonds. The lowest BCUT2D eigenvalue weighted by molar-refractivity contribution is 0.414. The molecular formula is C15H18N2O. The first-order chi connectivity index (χ1) is 8.88. The molecule has 0 atom stereocenters. The fourth-order valence-electron chi connectivity index (χ4n) is 1.67. The second-order valence-electron chi connectivity index (χ2n) is 4.04. The Labute approximate surface area is 108 Å². The summed E-state index contributed by atoms with van der Waals surface area (Å²) in [6.07, 6.45) is 0. The Balaban J connectivity index is 1.72. The summed E-state index contributed by atoms with van der Waals surface area (Å²) in [7, 11) is 1.68. The Morgan fingerprint density at radius 1 is 0.778 bits per heavy atom. The average Bonchev–Trinajstić information content (AvgIpc) is 2.45. The van der Waals surface area contributed by atoms with Crippen LogP contribution in [0.2, 0.25) is 0 Å². The van der Waals surface area contributed by atoms with Crippen molar-refractivity contribution in [1.82, 2.24) is 10.9 Å². The molecule has 0 heterocycles. The van der Waals surface area contributed by atoms with Crippen LogP contribution >= 0.6 is 0 Å². The number of ether oxygens (including phenoxy) is 1. The third-order valence-electron chi connectivity index (χ3n) is 2.71. The molecule has 2 N–H and O–H groups in total. The SMILES string of the molecule is COc1ccc(CNNCc2ccccc2)cc1. The second kappa shape index (κ2) is 6.79. The van der Waals surface area contributed by atoms with Crippen LogP contribution in [0.15, 0.2) is 54.6 Å². The summed E-state index contributed by atoms with van der Waals surface area (Å²) in [5.74, 6) is 0.885. The van der Waals surface area contributed by atoms with Crippen molar-refractivity contribution in [3.05, 3.63) is 65.7 Å². The molecule has 3 heteroatoms. The number of methoxy groups -OCH3 is 1. The fourth-order valence-corrected chi connectivity index (χ4v) is 1.67. The number of hydrogen-bond donors (Lipinski definition) is 2. The monoisotopic (exact) mass is 242 g/mol. The van der Waals surface area contributed by atoms with Gasteiger partial charge in [-0.3, -0.25) is 10.9 Å². The van der Waals surface area contributed by atoms with E-state index in [-0.39, 0.29) is 0 Å². The van der Waals surface area contributed by atoms with Crippen molar-refractivity contribution < 1.29 is 4.74 Å². The Morgan fingerprint density at radius 2 is 1.33 bits per heavy atom. The normalized spacial score (nSPS) is 10.3. The van der Waals surface area contributed by atoms with E-state index in [1.807, 2.05) is 30.3 Å². The molecule has 3 nitrogen and oxygen atoms in total. The van der Waals surface area contributed by atoms with Gasteiger partial charge in [-0.1, -0.05) is 42.5 Å². The zero-order valence-electron chi connectivity index (χ0n) is 10.5. The van der Waals surface area contributed by atoms with Crippen molar-refractivity contribution in [3.63, 3.8) is 0 Å².